The Morgan fingerprint density at radius 1 is 1.04 bits per heavy atom. The van der Waals surface area contributed by atoms with Crippen LogP contribution in [0.25, 0.3) is 28.6 Å². The van der Waals surface area contributed by atoms with Crippen molar-refractivity contribution in [3.8, 4) is 28.3 Å². The van der Waals surface area contributed by atoms with Crippen LogP contribution in [0.1, 0.15) is 31.7 Å². The molecule has 3 rings (SSSR count). The topological polar surface area (TPSA) is 66.2 Å². The number of allylic oxidation sites excluding steroid dienone is 1. The lowest BCUT2D eigenvalue weighted by Gasteiger charge is -2.05. The van der Waals surface area contributed by atoms with E-state index in [9.17, 15) is 14.6 Å². The molecule has 2 aromatic carbocycles. The van der Waals surface area contributed by atoms with Crippen molar-refractivity contribution in [3.05, 3.63) is 72.3 Å². The molecule has 0 bridgehead atoms. The van der Waals surface area contributed by atoms with Gasteiger partial charge in [-0.25, -0.2) is 14.4 Å². The van der Waals surface area contributed by atoms with E-state index in [1.165, 1.54) is 12.1 Å². The maximum Gasteiger partial charge on any atom is 0.162 e. The summed E-state index contributed by atoms with van der Waals surface area (Å²) in [5.74, 6) is -0.412. The lowest BCUT2D eigenvalue weighted by Crippen LogP contribution is -1.97. The Morgan fingerprint density at radius 3 is 2.39 bits per heavy atom. The molecule has 1 heterocycles. The lowest BCUT2D eigenvalue weighted by molar-refractivity contribution is 0.182. The molecule has 0 amide bonds. The predicted octanol–water partition coefficient (Wildman–Crippen LogP) is 5.22. The Labute approximate surface area is 164 Å². The number of aromatic nitrogens is 2. The average molecular weight is 378 g/mol. The minimum atomic E-state index is -0.558. The van der Waals surface area contributed by atoms with E-state index in [1.54, 1.807) is 19.3 Å². The number of phenols is 1. The summed E-state index contributed by atoms with van der Waals surface area (Å²) in [6.07, 6.45) is 9.98. The molecule has 2 N–H and O–H groups in total. The summed E-state index contributed by atoms with van der Waals surface area (Å²) < 4.78 is 13.9. The molecule has 1 atom stereocenters. The molecule has 0 aliphatic heterocycles. The van der Waals surface area contributed by atoms with Gasteiger partial charge in [-0.1, -0.05) is 36.4 Å². The molecule has 0 saturated heterocycles. The first-order valence-corrected chi connectivity index (χ1v) is 9.29. The van der Waals surface area contributed by atoms with E-state index < -0.39 is 5.82 Å². The summed E-state index contributed by atoms with van der Waals surface area (Å²) in [5, 5.41) is 18.6. The Hall–Kier alpha value is -3.05. The third kappa shape index (κ3) is 5.24. The molecule has 1 aromatic heterocycles. The first-order valence-electron chi connectivity index (χ1n) is 9.29. The van der Waals surface area contributed by atoms with E-state index >= 15 is 0 Å². The van der Waals surface area contributed by atoms with Crippen LogP contribution in [0.5, 0.6) is 5.75 Å². The number of aliphatic hydroxyl groups is 1. The van der Waals surface area contributed by atoms with E-state index in [4.69, 9.17) is 0 Å². The number of aliphatic hydroxyl groups excluding tert-OH is 1. The first kappa shape index (κ1) is 19.7. The van der Waals surface area contributed by atoms with Crippen molar-refractivity contribution in [1.29, 1.82) is 0 Å². The number of benzene rings is 2. The van der Waals surface area contributed by atoms with Crippen LogP contribution in [-0.2, 0) is 0 Å². The quantitative estimate of drug-likeness (QED) is 0.553. The van der Waals surface area contributed by atoms with Crippen LogP contribution >= 0.6 is 0 Å². The van der Waals surface area contributed by atoms with E-state index in [-0.39, 0.29) is 23.2 Å². The smallest absolute Gasteiger partial charge is 0.162 e. The summed E-state index contributed by atoms with van der Waals surface area (Å²) in [6.45, 7) is 1.81. The first-order chi connectivity index (χ1) is 13.5. The molecule has 0 radical (unpaired) electrons. The molecule has 0 fully saturated rings. The fourth-order valence-electron chi connectivity index (χ4n) is 2.84. The zero-order valence-electron chi connectivity index (χ0n) is 15.7. The number of phenolic OH excluding ortho intramolecular Hbond substituents is 1. The van der Waals surface area contributed by atoms with Crippen LogP contribution in [0.4, 0.5) is 4.39 Å². The average Bonchev–Trinajstić information content (AvgIpc) is 2.68. The largest absolute Gasteiger partial charge is 0.508 e. The van der Waals surface area contributed by atoms with Gasteiger partial charge in [-0.2, -0.15) is 0 Å². The van der Waals surface area contributed by atoms with Gasteiger partial charge in [-0.3, -0.25) is 0 Å². The third-order valence-corrected chi connectivity index (χ3v) is 4.39. The fraction of sp³-hybridized carbons (Fsp3) is 0.217. The van der Waals surface area contributed by atoms with Gasteiger partial charge in [0.25, 0.3) is 0 Å². The third-order valence-electron chi connectivity index (χ3n) is 4.39. The van der Waals surface area contributed by atoms with Gasteiger partial charge in [-0.15, -0.1) is 0 Å². The van der Waals surface area contributed by atoms with Crippen LogP contribution in [0, 0.1) is 5.82 Å². The molecule has 144 valence electrons. The maximum atomic E-state index is 13.9. The van der Waals surface area contributed by atoms with E-state index in [1.807, 2.05) is 24.3 Å². The number of halogens is 1. The van der Waals surface area contributed by atoms with Gasteiger partial charge in [-0.05, 0) is 49.4 Å². The number of rotatable bonds is 7. The Bertz CT molecular complexity index is 936. The van der Waals surface area contributed by atoms with Crippen molar-refractivity contribution in [2.45, 2.75) is 32.3 Å². The molecule has 0 aliphatic carbocycles. The Kier molecular flexibility index (Phi) is 6.50. The molecule has 3 aromatic rings. The van der Waals surface area contributed by atoms with Gasteiger partial charge < -0.3 is 10.2 Å². The minimum Gasteiger partial charge on any atom is -0.508 e. The summed E-state index contributed by atoms with van der Waals surface area (Å²) >= 11 is 0. The SMILES string of the molecule is CC(O)CCCC=Cc1ccc(-c2cnc(-c3ccc(O)cc3F)nc2)cc1. The van der Waals surface area contributed by atoms with Crippen molar-refractivity contribution in [2.24, 2.45) is 0 Å². The van der Waals surface area contributed by atoms with Crippen molar-refractivity contribution >= 4 is 6.08 Å². The highest BCUT2D eigenvalue weighted by molar-refractivity contribution is 5.66. The zero-order valence-corrected chi connectivity index (χ0v) is 15.7. The van der Waals surface area contributed by atoms with E-state index in [0.29, 0.717) is 0 Å². The highest BCUT2D eigenvalue weighted by Gasteiger charge is 2.09. The minimum absolute atomic E-state index is 0.130. The number of aromatic hydroxyl groups is 1. The van der Waals surface area contributed by atoms with Crippen LogP contribution in [0.15, 0.2) is 60.9 Å². The second-order valence-electron chi connectivity index (χ2n) is 6.76. The monoisotopic (exact) mass is 378 g/mol. The molecule has 5 heteroatoms. The van der Waals surface area contributed by atoms with E-state index in [2.05, 4.69) is 22.1 Å². The van der Waals surface area contributed by atoms with Crippen LogP contribution in [-0.4, -0.2) is 26.3 Å². The molecular weight excluding hydrogens is 355 g/mol. The second-order valence-corrected chi connectivity index (χ2v) is 6.76. The maximum absolute atomic E-state index is 13.9. The highest BCUT2D eigenvalue weighted by Crippen LogP contribution is 2.25. The molecule has 1 unspecified atom stereocenters. The second kappa shape index (κ2) is 9.24. The van der Waals surface area contributed by atoms with Gasteiger partial charge >= 0.3 is 0 Å². The molecule has 0 saturated carbocycles. The summed E-state index contributed by atoms with van der Waals surface area (Å²) in [6, 6.07) is 11.9. The normalized spacial score (nSPS) is 12.4. The summed E-state index contributed by atoms with van der Waals surface area (Å²) in [7, 11) is 0. The number of hydrogen-bond donors (Lipinski definition) is 2. The number of unbranched alkanes of at least 4 members (excludes halogenated alkanes) is 1. The fourth-order valence-corrected chi connectivity index (χ4v) is 2.84. The van der Waals surface area contributed by atoms with Gasteiger partial charge in [0.05, 0.1) is 11.7 Å². The highest BCUT2D eigenvalue weighted by atomic mass is 19.1. The van der Waals surface area contributed by atoms with Crippen LogP contribution < -0.4 is 0 Å². The zero-order chi connectivity index (χ0) is 19.9. The van der Waals surface area contributed by atoms with E-state index in [0.717, 1.165) is 42.0 Å². The summed E-state index contributed by atoms with van der Waals surface area (Å²) in [5.41, 5.74) is 3.17. The van der Waals surface area contributed by atoms with Gasteiger partial charge in [0, 0.05) is 24.0 Å². The Morgan fingerprint density at radius 2 is 1.75 bits per heavy atom. The molecule has 28 heavy (non-hydrogen) atoms. The number of nitrogens with zero attached hydrogens (tertiary/aromatic N) is 2. The van der Waals surface area contributed by atoms with Crippen molar-refractivity contribution < 1.29 is 14.6 Å². The van der Waals surface area contributed by atoms with Crippen molar-refractivity contribution in [1.82, 2.24) is 9.97 Å². The predicted molar refractivity (Wildman–Crippen MR) is 109 cm³/mol. The van der Waals surface area contributed by atoms with Crippen molar-refractivity contribution in [2.75, 3.05) is 0 Å². The van der Waals surface area contributed by atoms with Gasteiger partial charge in [0.15, 0.2) is 5.82 Å². The van der Waals surface area contributed by atoms with Crippen LogP contribution in [0.2, 0.25) is 0 Å². The summed E-state index contributed by atoms with van der Waals surface area (Å²) in [4.78, 5) is 8.51. The van der Waals surface area contributed by atoms with Gasteiger partial charge in [0.2, 0.25) is 0 Å². The van der Waals surface area contributed by atoms with Crippen molar-refractivity contribution in [3.63, 3.8) is 0 Å². The molecule has 4 nitrogen and oxygen atoms in total. The molecular formula is C23H23FN2O2. The standard InChI is InChI=1S/C23H23FN2O2/c1-16(27)5-3-2-4-6-17-7-9-18(10-8-17)19-14-25-23(26-15-19)21-12-11-20(28)13-22(21)24/h4,6-16,27-28H,2-3,5H2,1H3. The Balaban J connectivity index is 1.66. The lowest BCUT2D eigenvalue weighted by atomic mass is 10.1. The van der Waals surface area contributed by atoms with Crippen LogP contribution in [0.3, 0.4) is 0 Å². The molecule has 0 spiro atoms. The number of hydrogen-bond acceptors (Lipinski definition) is 4. The molecule has 0 aliphatic rings. The van der Waals surface area contributed by atoms with Gasteiger partial charge in [0.1, 0.15) is 11.6 Å².